The molecule has 1 aromatic rings. The molecule has 0 aromatic heterocycles. The molecule has 0 spiro atoms. The van der Waals surface area contributed by atoms with Crippen LogP contribution in [0.3, 0.4) is 0 Å². The van der Waals surface area contributed by atoms with Crippen molar-refractivity contribution in [3.8, 4) is 11.5 Å². The predicted octanol–water partition coefficient (Wildman–Crippen LogP) is 2.49. The maximum absolute atomic E-state index is 12.5. The quantitative estimate of drug-likeness (QED) is 0.906. The average Bonchev–Trinajstić information content (AvgIpc) is 2.87. The van der Waals surface area contributed by atoms with Gasteiger partial charge in [-0.15, -0.1) is 0 Å². The summed E-state index contributed by atoms with van der Waals surface area (Å²) in [6.07, 6.45) is 2.11. The van der Waals surface area contributed by atoms with Crippen LogP contribution in [0.4, 0.5) is 0 Å². The number of carboxylic acids is 1. The molecule has 6 heteroatoms. The standard InChI is InChI=1S/C19H25NO5/c1-12-7-8-14(18(22)23)10-20(12)16(21)11-24-15-6-4-5-13-9-19(2,3)25-17(13)15/h4-6,12,14H,7-11H2,1-3H3,(H,22,23). The van der Waals surface area contributed by atoms with Crippen molar-refractivity contribution < 1.29 is 24.2 Å². The Bertz CT molecular complexity index is 684. The van der Waals surface area contributed by atoms with E-state index < -0.39 is 11.9 Å². The van der Waals surface area contributed by atoms with Gasteiger partial charge in [-0.05, 0) is 39.7 Å². The maximum atomic E-state index is 12.5. The molecule has 2 aliphatic rings. The topological polar surface area (TPSA) is 76.1 Å². The Kier molecular flexibility index (Phi) is 4.62. The Hall–Kier alpha value is -2.24. The van der Waals surface area contributed by atoms with Gasteiger partial charge in [-0.3, -0.25) is 9.59 Å². The number of aliphatic carboxylic acids is 1. The van der Waals surface area contributed by atoms with Crippen LogP contribution in [0.2, 0.25) is 0 Å². The second kappa shape index (κ2) is 6.58. The molecule has 0 bridgehead atoms. The van der Waals surface area contributed by atoms with Gasteiger partial charge < -0.3 is 19.5 Å². The van der Waals surface area contributed by atoms with Crippen LogP contribution in [0.1, 0.15) is 39.2 Å². The van der Waals surface area contributed by atoms with E-state index in [4.69, 9.17) is 9.47 Å². The molecule has 1 saturated heterocycles. The molecule has 2 heterocycles. The lowest BCUT2D eigenvalue weighted by Crippen LogP contribution is -2.49. The molecule has 1 fully saturated rings. The zero-order chi connectivity index (χ0) is 18.2. The zero-order valence-electron chi connectivity index (χ0n) is 14.9. The predicted molar refractivity (Wildman–Crippen MR) is 91.9 cm³/mol. The number of nitrogens with zero attached hydrogens (tertiary/aromatic N) is 1. The number of piperidine rings is 1. The molecular weight excluding hydrogens is 322 g/mol. The SMILES string of the molecule is CC1CCC(C(=O)O)CN1C(=O)COc1cccc2c1OC(C)(C)C2. The molecule has 136 valence electrons. The summed E-state index contributed by atoms with van der Waals surface area (Å²) in [4.78, 5) is 25.4. The van der Waals surface area contributed by atoms with Crippen molar-refractivity contribution >= 4 is 11.9 Å². The number of para-hydroxylation sites is 1. The highest BCUT2D eigenvalue weighted by Crippen LogP contribution is 2.41. The van der Waals surface area contributed by atoms with Gasteiger partial charge in [0.25, 0.3) is 5.91 Å². The number of hydrogen-bond acceptors (Lipinski definition) is 4. The first-order valence-electron chi connectivity index (χ1n) is 8.73. The normalized spacial score (nSPS) is 24.4. The summed E-state index contributed by atoms with van der Waals surface area (Å²) in [5.41, 5.74) is 0.800. The van der Waals surface area contributed by atoms with Crippen LogP contribution in [-0.4, -0.2) is 46.7 Å². The van der Waals surface area contributed by atoms with Crippen molar-refractivity contribution in [2.45, 2.75) is 51.7 Å². The fourth-order valence-corrected chi connectivity index (χ4v) is 3.58. The average molecular weight is 347 g/mol. The summed E-state index contributed by atoms with van der Waals surface area (Å²) >= 11 is 0. The fraction of sp³-hybridized carbons (Fsp3) is 0.579. The van der Waals surface area contributed by atoms with Crippen LogP contribution < -0.4 is 9.47 Å². The Balaban J connectivity index is 1.65. The van der Waals surface area contributed by atoms with E-state index in [-0.39, 0.29) is 30.7 Å². The van der Waals surface area contributed by atoms with Gasteiger partial charge in [-0.25, -0.2) is 0 Å². The van der Waals surface area contributed by atoms with Crippen LogP contribution in [0.25, 0.3) is 0 Å². The number of amides is 1. The number of hydrogen-bond donors (Lipinski definition) is 1. The smallest absolute Gasteiger partial charge is 0.308 e. The fourth-order valence-electron chi connectivity index (χ4n) is 3.58. The third-order valence-electron chi connectivity index (χ3n) is 4.96. The number of likely N-dealkylation sites (tertiary alicyclic amines) is 1. The van der Waals surface area contributed by atoms with Crippen LogP contribution in [0.5, 0.6) is 11.5 Å². The minimum Gasteiger partial charge on any atom is -0.483 e. The van der Waals surface area contributed by atoms with E-state index in [2.05, 4.69) is 0 Å². The van der Waals surface area contributed by atoms with Crippen LogP contribution in [0.15, 0.2) is 18.2 Å². The van der Waals surface area contributed by atoms with E-state index in [1.54, 1.807) is 11.0 Å². The van der Waals surface area contributed by atoms with Crippen molar-refractivity contribution in [2.75, 3.05) is 13.2 Å². The number of rotatable bonds is 4. The number of carbonyl (C=O) groups is 2. The van der Waals surface area contributed by atoms with E-state index in [0.717, 1.165) is 12.0 Å². The largest absolute Gasteiger partial charge is 0.483 e. The minimum atomic E-state index is -0.845. The molecule has 1 N–H and O–H groups in total. The van der Waals surface area contributed by atoms with Gasteiger partial charge >= 0.3 is 5.97 Å². The summed E-state index contributed by atoms with van der Waals surface area (Å²) in [5.74, 6) is -0.257. The van der Waals surface area contributed by atoms with Gasteiger partial charge in [-0.1, -0.05) is 12.1 Å². The van der Waals surface area contributed by atoms with Crippen LogP contribution >= 0.6 is 0 Å². The molecule has 1 aromatic carbocycles. The zero-order valence-corrected chi connectivity index (χ0v) is 14.9. The number of benzene rings is 1. The van der Waals surface area contributed by atoms with E-state index in [1.165, 1.54) is 0 Å². The number of ether oxygens (including phenoxy) is 2. The first-order valence-corrected chi connectivity index (χ1v) is 8.73. The first kappa shape index (κ1) is 17.6. The third-order valence-corrected chi connectivity index (χ3v) is 4.96. The lowest BCUT2D eigenvalue weighted by molar-refractivity contribution is -0.147. The van der Waals surface area contributed by atoms with Gasteiger partial charge in [0.1, 0.15) is 5.60 Å². The molecular formula is C19H25NO5. The van der Waals surface area contributed by atoms with Gasteiger partial charge in [-0.2, -0.15) is 0 Å². The molecule has 3 rings (SSSR count). The van der Waals surface area contributed by atoms with E-state index in [1.807, 2.05) is 32.9 Å². The van der Waals surface area contributed by atoms with Crippen molar-refractivity contribution in [3.63, 3.8) is 0 Å². The van der Waals surface area contributed by atoms with Crippen molar-refractivity contribution in [3.05, 3.63) is 23.8 Å². The van der Waals surface area contributed by atoms with E-state index in [9.17, 15) is 14.7 Å². The Morgan fingerprint density at radius 2 is 2.12 bits per heavy atom. The number of carboxylic acid groups (broad SMARTS) is 1. The summed E-state index contributed by atoms with van der Waals surface area (Å²) in [6.45, 7) is 6.11. The number of fused-ring (bicyclic) bond motifs is 1. The summed E-state index contributed by atoms with van der Waals surface area (Å²) in [6, 6.07) is 5.73. The molecule has 2 atom stereocenters. The summed E-state index contributed by atoms with van der Waals surface area (Å²) in [7, 11) is 0. The van der Waals surface area contributed by atoms with Gasteiger partial charge in [0.2, 0.25) is 0 Å². The van der Waals surface area contributed by atoms with Crippen molar-refractivity contribution in [2.24, 2.45) is 5.92 Å². The lowest BCUT2D eigenvalue weighted by Gasteiger charge is -2.36. The second-order valence-electron chi connectivity index (χ2n) is 7.58. The maximum Gasteiger partial charge on any atom is 0.308 e. The van der Waals surface area contributed by atoms with Gasteiger partial charge in [0, 0.05) is 24.6 Å². The summed E-state index contributed by atoms with van der Waals surface area (Å²) < 4.78 is 11.7. The second-order valence-corrected chi connectivity index (χ2v) is 7.58. The molecule has 0 aliphatic carbocycles. The highest BCUT2D eigenvalue weighted by Gasteiger charge is 2.34. The highest BCUT2D eigenvalue weighted by atomic mass is 16.5. The van der Waals surface area contributed by atoms with Crippen LogP contribution in [-0.2, 0) is 16.0 Å². The lowest BCUT2D eigenvalue weighted by atomic mass is 9.93. The molecule has 1 amide bonds. The Morgan fingerprint density at radius 1 is 1.36 bits per heavy atom. The van der Waals surface area contributed by atoms with Crippen molar-refractivity contribution in [1.29, 1.82) is 0 Å². The molecule has 25 heavy (non-hydrogen) atoms. The summed E-state index contributed by atoms with van der Waals surface area (Å²) in [5, 5.41) is 9.20. The first-order chi connectivity index (χ1) is 11.8. The Morgan fingerprint density at radius 3 is 2.84 bits per heavy atom. The van der Waals surface area contributed by atoms with Gasteiger partial charge in [0.05, 0.1) is 5.92 Å². The van der Waals surface area contributed by atoms with Crippen molar-refractivity contribution in [1.82, 2.24) is 4.90 Å². The molecule has 0 radical (unpaired) electrons. The van der Waals surface area contributed by atoms with E-state index >= 15 is 0 Å². The monoisotopic (exact) mass is 347 g/mol. The molecule has 6 nitrogen and oxygen atoms in total. The minimum absolute atomic E-state index is 0.0309. The number of carbonyl (C=O) groups excluding carboxylic acids is 1. The van der Waals surface area contributed by atoms with Gasteiger partial charge in [0.15, 0.2) is 18.1 Å². The molecule has 2 unspecified atom stereocenters. The third kappa shape index (κ3) is 3.72. The molecule has 0 saturated carbocycles. The molecule has 2 aliphatic heterocycles. The Labute approximate surface area is 147 Å². The van der Waals surface area contributed by atoms with Crippen LogP contribution in [0, 0.1) is 5.92 Å². The highest BCUT2D eigenvalue weighted by molar-refractivity contribution is 5.79. The van der Waals surface area contributed by atoms with E-state index in [0.29, 0.717) is 24.3 Å².